The molecule has 1 unspecified atom stereocenters. The van der Waals surface area contributed by atoms with E-state index in [1.54, 1.807) is 14.0 Å². The molecule has 0 rings (SSSR count). The van der Waals surface area contributed by atoms with Gasteiger partial charge in [-0.05, 0) is 31.9 Å². The van der Waals surface area contributed by atoms with Crippen molar-refractivity contribution in [1.29, 1.82) is 0 Å². The first-order valence-corrected chi connectivity index (χ1v) is 4.34. The van der Waals surface area contributed by atoms with Gasteiger partial charge in [0.05, 0.1) is 6.10 Å². The fourth-order valence-corrected chi connectivity index (χ4v) is 0.950. The van der Waals surface area contributed by atoms with E-state index in [0.717, 1.165) is 18.4 Å². The van der Waals surface area contributed by atoms with E-state index in [0.29, 0.717) is 0 Å². The third-order valence-electron chi connectivity index (χ3n) is 1.87. The van der Waals surface area contributed by atoms with E-state index in [1.807, 2.05) is 13.0 Å². The Balaban J connectivity index is 4.14. The molecule has 0 saturated carbocycles. The number of hydrogen-bond donors (Lipinski definition) is 0. The lowest BCUT2D eigenvalue weighted by atomic mass is 10.1. The van der Waals surface area contributed by atoms with Crippen LogP contribution in [-0.4, -0.2) is 19.0 Å². The van der Waals surface area contributed by atoms with E-state index in [1.165, 1.54) is 0 Å². The first kappa shape index (κ1) is 11.4. The molecule has 0 aliphatic rings. The Morgan fingerprint density at radius 1 is 1.50 bits per heavy atom. The fourth-order valence-electron chi connectivity index (χ4n) is 0.950. The maximum Gasteiger partial charge on any atom is 0.155 e. The molecule has 0 aromatic carbocycles. The predicted molar refractivity (Wildman–Crippen MR) is 50.1 cm³/mol. The monoisotopic (exact) mass is 170 g/mol. The van der Waals surface area contributed by atoms with Gasteiger partial charge in [0.1, 0.15) is 0 Å². The smallest absolute Gasteiger partial charge is 0.155 e. The average Bonchev–Trinajstić information content (AvgIpc) is 2.03. The number of carbonyl (C=O) groups is 1. The van der Waals surface area contributed by atoms with Crippen LogP contribution in [0.3, 0.4) is 0 Å². The minimum absolute atomic E-state index is 0.0962. The van der Waals surface area contributed by atoms with Crippen molar-refractivity contribution in [3.63, 3.8) is 0 Å². The molecule has 0 aromatic rings. The predicted octanol–water partition coefficient (Wildman–Crippen LogP) is 2.34. The standard InChI is InChI=1S/C10H18O2/c1-5-6-10(12-4)7-8(2)9(3)11/h7,10H,5-6H2,1-4H3. The van der Waals surface area contributed by atoms with Crippen molar-refractivity contribution in [3.05, 3.63) is 11.6 Å². The van der Waals surface area contributed by atoms with Crippen LogP contribution in [0.15, 0.2) is 11.6 Å². The molecule has 0 amide bonds. The summed E-state index contributed by atoms with van der Waals surface area (Å²) in [5.41, 5.74) is 0.787. The summed E-state index contributed by atoms with van der Waals surface area (Å²) >= 11 is 0. The minimum atomic E-state index is 0.0962. The average molecular weight is 170 g/mol. The molecule has 0 fully saturated rings. The molecule has 0 saturated heterocycles. The molecular weight excluding hydrogens is 152 g/mol. The van der Waals surface area contributed by atoms with Crippen LogP contribution in [-0.2, 0) is 9.53 Å². The Kier molecular flexibility index (Phi) is 5.64. The highest BCUT2D eigenvalue weighted by atomic mass is 16.5. The van der Waals surface area contributed by atoms with Gasteiger partial charge in [0.2, 0.25) is 0 Å². The molecule has 70 valence electrons. The first-order valence-electron chi connectivity index (χ1n) is 4.34. The van der Waals surface area contributed by atoms with Crippen molar-refractivity contribution < 1.29 is 9.53 Å². The van der Waals surface area contributed by atoms with Gasteiger partial charge in [0, 0.05) is 7.11 Å². The van der Waals surface area contributed by atoms with Crippen molar-refractivity contribution in [3.8, 4) is 0 Å². The second kappa shape index (κ2) is 5.95. The van der Waals surface area contributed by atoms with Crippen molar-refractivity contribution in [2.45, 2.75) is 39.7 Å². The summed E-state index contributed by atoms with van der Waals surface area (Å²) in [4.78, 5) is 10.9. The summed E-state index contributed by atoms with van der Waals surface area (Å²) in [5.74, 6) is 0.119. The summed E-state index contributed by atoms with van der Waals surface area (Å²) in [6.07, 6.45) is 4.03. The maximum absolute atomic E-state index is 10.9. The number of rotatable bonds is 5. The van der Waals surface area contributed by atoms with E-state index in [4.69, 9.17) is 4.74 Å². The van der Waals surface area contributed by atoms with Crippen LogP contribution in [0.1, 0.15) is 33.6 Å². The van der Waals surface area contributed by atoms with E-state index in [2.05, 4.69) is 6.92 Å². The molecule has 12 heavy (non-hydrogen) atoms. The molecule has 0 aliphatic carbocycles. The van der Waals surface area contributed by atoms with Gasteiger partial charge in [-0.15, -0.1) is 0 Å². The topological polar surface area (TPSA) is 26.3 Å². The fraction of sp³-hybridized carbons (Fsp3) is 0.700. The van der Waals surface area contributed by atoms with Gasteiger partial charge < -0.3 is 4.74 Å². The van der Waals surface area contributed by atoms with E-state index in [-0.39, 0.29) is 11.9 Å². The van der Waals surface area contributed by atoms with Crippen LogP contribution in [0, 0.1) is 0 Å². The Morgan fingerprint density at radius 3 is 2.42 bits per heavy atom. The van der Waals surface area contributed by atoms with E-state index >= 15 is 0 Å². The molecule has 0 aliphatic heterocycles. The first-order chi connectivity index (χ1) is 5.61. The van der Waals surface area contributed by atoms with Crippen LogP contribution >= 0.6 is 0 Å². The molecular formula is C10H18O2. The van der Waals surface area contributed by atoms with Gasteiger partial charge in [0.15, 0.2) is 5.78 Å². The summed E-state index contributed by atoms with van der Waals surface area (Å²) in [5, 5.41) is 0. The number of ether oxygens (including phenoxy) is 1. The number of carbonyl (C=O) groups excluding carboxylic acids is 1. The van der Waals surface area contributed by atoms with Crippen LogP contribution in [0.25, 0.3) is 0 Å². The molecule has 2 nitrogen and oxygen atoms in total. The van der Waals surface area contributed by atoms with Gasteiger partial charge in [-0.3, -0.25) is 4.79 Å². The van der Waals surface area contributed by atoms with Crippen LogP contribution in [0.4, 0.5) is 0 Å². The summed E-state index contributed by atoms with van der Waals surface area (Å²) in [6, 6.07) is 0. The largest absolute Gasteiger partial charge is 0.377 e. The quantitative estimate of drug-likeness (QED) is 0.592. The molecule has 0 spiro atoms. The van der Waals surface area contributed by atoms with E-state index < -0.39 is 0 Å². The zero-order valence-corrected chi connectivity index (χ0v) is 8.39. The number of ketones is 1. The van der Waals surface area contributed by atoms with Gasteiger partial charge in [-0.25, -0.2) is 0 Å². The Bertz CT molecular complexity index is 171. The van der Waals surface area contributed by atoms with Crippen LogP contribution in [0.5, 0.6) is 0 Å². The number of methoxy groups -OCH3 is 1. The Morgan fingerprint density at radius 2 is 2.08 bits per heavy atom. The van der Waals surface area contributed by atoms with E-state index in [9.17, 15) is 4.79 Å². The highest BCUT2D eigenvalue weighted by Gasteiger charge is 2.04. The van der Waals surface area contributed by atoms with Gasteiger partial charge in [0.25, 0.3) is 0 Å². The lowest BCUT2D eigenvalue weighted by Crippen LogP contribution is -2.08. The SMILES string of the molecule is CCCC(C=C(C)C(C)=O)OC. The van der Waals surface area contributed by atoms with Crippen LogP contribution < -0.4 is 0 Å². The molecule has 0 N–H and O–H groups in total. The Hall–Kier alpha value is -0.630. The van der Waals surface area contributed by atoms with Gasteiger partial charge >= 0.3 is 0 Å². The lowest BCUT2D eigenvalue weighted by Gasteiger charge is -2.09. The third kappa shape index (κ3) is 4.29. The van der Waals surface area contributed by atoms with Gasteiger partial charge in [-0.1, -0.05) is 13.3 Å². The second-order valence-corrected chi connectivity index (χ2v) is 2.97. The Labute approximate surface area is 74.6 Å². The lowest BCUT2D eigenvalue weighted by molar-refractivity contribution is -0.113. The summed E-state index contributed by atoms with van der Waals surface area (Å²) < 4.78 is 5.18. The number of hydrogen-bond acceptors (Lipinski definition) is 2. The number of Topliss-reactive ketones (excluding diaryl/α,β-unsaturated/α-hetero) is 1. The number of allylic oxidation sites excluding steroid dienone is 1. The highest BCUT2D eigenvalue weighted by molar-refractivity contribution is 5.92. The molecule has 0 heterocycles. The molecule has 0 aromatic heterocycles. The zero-order chi connectivity index (χ0) is 9.56. The summed E-state index contributed by atoms with van der Waals surface area (Å²) in [7, 11) is 1.67. The maximum atomic E-state index is 10.9. The van der Waals surface area contributed by atoms with Crippen molar-refractivity contribution in [2.75, 3.05) is 7.11 Å². The van der Waals surface area contributed by atoms with Crippen molar-refractivity contribution in [1.82, 2.24) is 0 Å². The van der Waals surface area contributed by atoms with Crippen molar-refractivity contribution >= 4 is 5.78 Å². The second-order valence-electron chi connectivity index (χ2n) is 2.97. The molecule has 1 atom stereocenters. The van der Waals surface area contributed by atoms with Gasteiger partial charge in [-0.2, -0.15) is 0 Å². The minimum Gasteiger partial charge on any atom is -0.377 e. The normalized spacial score (nSPS) is 14.5. The third-order valence-corrected chi connectivity index (χ3v) is 1.87. The molecule has 2 heteroatoms. The van der Waals surface area contributed by atoms with Crippen molar-refractivity contribution in [2.24, 2.45) is 0 Å². The van der Waals surface area contributed by atoms with Crippen LogP contribution in [0.2, 0.25) is 0 Å². The zero-order valence-electron chi connectivity index (χ0n) is 8.39. The molecule has 0 bridgehead atoms. The highest BCUT2D eigenvalue weighted by Crippen LogP contribution is 2.06. The summed E-state index contributed by atoms with van der Waals surface area (Å²) in [6.45, 7) is 5.50. The molecule has 0 radical (unpaired) electrons.